The van der Waals surface area contributed by atoms with Gasteiger partial charge in [0, 0.05) is 30.6 Å². The van der Waals surface area contributed by atoms with E-state index in [4.69, 9.17) is 11.6 Å². The lowest BCUT2D eigenvalue weighted by atomic mass is 9.99. The van der Waals surface area contributed by atoms with Crippen LogP contribution in [0.25, 0.3) is 5.57 Å². The lowest BCUT2D eigenvalue weighted by Crippen LogP contribution is -2.30. The van der Waals surface area contributed by atoms with Gasteiger partial charge in [-0.05, 0) is 29.7 Å². The van der Waals surface area contributed by atoms with E-state index in [0.29, 0.717) is 19.0 Å². The van der Waals surface area contributed by atoms with Gasteiger partial charge in [-0.1, -0.05) is 35.9 Å². The first-order valence-electron chi connectivity index (χ1n) is 7.17. The highest BCUT2D eigenvalue weighted by Gasteiger charge is 2.18. The summed E-state index contributed by atoms with van der Waals surface area (Å²) >= 11 is 6.24. The second-order valence-electron chi connectivity index (χ2n) is 5.37. The zero-order chi connectivity index (χ0) is 16.4. The molecule has 0 radical (unpaired) electrons. The third kappa shape index (κ3) is 3.54. The topological polar surface area (TPSA) is 63.2 Å². The molecule has 2 aromatic rings. The summed E-state index contributed by atoms with van der Waals surface area (Å²) in [6.07, 6.45) is 5.51. The first-order chi connectivity index (χ1) is 10.9. The molecule has 0 atom stereocenters. The molecule has 3 rings (SSSR count). The number of nitrogens with zero attached hydrogens (tertiary/aromatic N) is 3. The van der Waals surface area contributed by atoms with Gasteiger partial charge in [0.1, 0.15) is 0 Å². The van der Waals surface area contributed by atoms with Crippen molar-refractivity contribution in [2.45, 2.75) is 11.4 Å². The average Bonchev–Trinajstić information content (AvgIpc) is 2.55. The van der Waals surface area contributed by atoms with Crippen LogP contribution in [0.1, 0.15) is 12.0 Å². The minimum Gasteiger partial charge on any atom is -0.337 e. The second kappa shape index (κ2) is 6.29. The molecule has 23 heavy (non-hydrogen) atoms. The fourth-order valence-electron chi connectivity index (χ4n) is 2.51. The van der Waals surface area contributed by atoms with Crippen molar-refractivity contribution in [3.63, 3.8) is 0 Å². The Bertz CT molecular complexity index is 865. The molecule has 120 valence electrons. The molecule has 1 aliphatic heterocycles. The van der Waals surface area contributed by atoms with E-state index < -0.39 is 9.84 Å². The molecular weight excluding hydrogens is 334 g/mol. The SMILES string of the molecule is CS(=O)(=O)c1ccnc(N2CC=C(c3ccccc3Cl)CC2)n1. The van der Waals surface area contributed by atoms with Gasteiger partial charge < -0.3 is 4.90 Å². The Balaban J connectivity index is 1.83. The molecule has 0 fully saturated rings. The first-order valence-corrected chi connectivity index (χ1v) is 9.44. The third-order valence-electron chi connectivity index (χ3n) is 3.71. The molecule has 0 saturated heterocycles. The molecule has 0 aliphatic carbocycles. The lowest BCUT2D eigenvalue weighted by Gasteiger charge is -2.27. The molecule has 0 amide bonds. The van der Waals surface area contributed by atoms with E-state index in [1.165, 1.54) is 17.8 Å². The molecule has 0 saturated carbocycles. The second-order valence-corrected chi connectivity index (χ2v) is 7.74. The number of aromatic nitrogens is 2. The zero-order valence-electron chi connectivity index (χ0n) is 12.6. The van der Waals surface area contributed by atoms with Crippen molar-refractivity contribution < 1.29 is 8.42 Å². The van der Waals surface area contributed by atoms with Crippen LogP contribution in [0.15, 0.2) is 47.6 Å². The molecule has 7 heteroatoms. The Morgan fingerprint density at radius 3 is 2.65 bits per heavy atom. The molecule has 0 spiro atoms. The maximum atomic E-state index is 11.6. The predicted octanol–water partition coefficient (Wildman–Crippen LogP) is 2.83. The number of rotatable bonds is 3. The van der Waals surface area contributed by atoms with E-state index >= 15 is 0 Å². The van der Waals surface area contributed by atoms with Crippen LogP contribution in [0, 0.1) is 0 Å². The van der Waals surface area contributed by atoms with Crippen LogP contribution < -0.4 is 4.90 Å². The number of anilines is 1. The minimum absolute atomic E-state index is 0.0448. The fourth-order valence-corrected chi connectivity index (χ4v) is 3.32. The van der Waals surface area contributed by atoms with Crippen molar-refractivity contribution in [2.75, 3.05) is 24.2 Å². The van der Waals surface area contributed by atoms with E-state index in [0.717, 1.165) is 23.3 Å². The number of benzene rings is 1. The maximum Gasteiger partial charge on any atom is 0.226 e. The summed E-state index contributed by atoms with van der Waals surface area (Å²) in [6.45, 7) is 1.33. The van der Waals surface area contributed by atoms with Gasteiger partial charge in [-0.3, -0.25) is 0 Å². The van der Waals surface area contributed by atoms with E-state index in [-0.39, 0.29) is 5.03 Å². The van der Waals surface area contributed by atoms with Crippen molar-refractivity contribution >= 4 is 33.0 Å². The molecule has 0 bridgehead atoms. The highest BCUT2D eigenvalue weighted by molar-refractivity contribution is 7.90. The standard InChI is InChI=1S/C16H16ClN3O2S/c1-23(21,22)15-6-9-18-16(19-15)20-10-7-12(8-11-20)13-4-2-3-5-14(13)17/h2-7,9H,8,10-11H2,1H3. The molecule has 1 aliphatic rings. The Morgan fingerprint density at radius 2 is 2.00 bits per heavy atom. The summed E-state index contributed by atoms with van der Waals surface area (Å²) in [5.41, 5.74) is 2.23. The van der Waals surface area contributed by atoms with Crippen molar-refractivity contribution in [1.82, 2.24) is 9.97 Å². The van der Waals surface area contributed by atoms with Crippen LogP contribution in [0.2, 0.25) is 5.02 Å². The van der Waals surface area contributed by atoms with Crippen LogP contribution in [0.3, 0.4) is 0 Å². The van der Waals surface area contributed by atoms with E-state index in [2.05, 4.69) is 16.0 Å². The van der Waals surface area contributed by atoms with Crippen LogP contribution >= 0.6 is 11.6 Å². The van der Waals surface area contributed by atoms with Crippen molar-refractivity contribution in [2.24, 2.45) is 0 Å². The highest BCUT2D eigenvalue weighted by Crippen LogP contribution is 2.29. The molecule has 0 N–H and O–H groups in total. The summed E-state index contributed by atoms with van der Waals surface area (Å²) in [6, 6.07) is 9.17. The molecule has 0 unspecified atom stereocenters. The van der Waals surface area contributed by atoms with Crippen molar-refractivity contribution in [3.8, 4) is 0 Å². The van der Waals surface area contributed by atoms with Crippen molar-refractivity contribution in [1.29, 1.82) is 0 Å². The summed E-state index contributed by atoms with van der Waals surface area (Å²) in [7, 11) is -3.33. The van der Waals surface area contributed by atoms with Gasteiger partial charge in [-0.25, -0.2) is 18.4 Å². The Morgan fingerprint density at radius 1 is 1.22 bits per heavy atom. The number of hydrogen-bond donors (Lipinski definition) is 0. The quantitative estimate of drug-likeness (QED) is 0.797. The first kappa shape index (κ1) is 16.0. The number of halogens is 1. The van der Waals surface area contributed by atoms with Gasteiger partial charge >= 0.3 is 0 Å². The van der Waals surface area contributed by atoms with Gasteiger partial charge in [0.2, 0.25) is 5.95 Å². The van der Waals surface area contributed by atoms with Crippen LogP contribution in [-0.4, -0.2) is 37.7 Å². The fraction of sp³-hybridized carbons (Fsp3) is 0.250. The molecule has 1 aromatic heterocycles. The Kier molecular flexibility index (Phi) is 4.37. The van der Waals surface area contributed by atoms with Crippen molar-refractivity contribution in [3.05, 3.63) is 53.2 Å². The molecule has 1 aromatic carbocycles. The highest BCUT2D eigenvalue weighted by atomic mass is 35.5. The molecule has 5 nitrogen and oxygen atoms in total. The summed E-state index contributed by atoms with van der Waals surface area (Å²) < 4.78 is 23.2. The number of sulfone groups is 1. The van der Waals surface area contributed by atoms with E-state index in [1.54, 1.807) is 0 Å². The normalized spacial score (nSPS) is 15.4. The summed E-state index contributed by atoms with van der Waals surface area (Å²) in [5.74, 6) is 0.433. The molecular formula is C16H16ClN3O2S. The number of hydrogen-bond acceptors (Lipinski definition) is 5. The zero-order valence-corrected chi connectivity index (χ0v) is 14.2. The minimum atomic E-state index is -3.33. The van der Waals surface area contributed by atoms with E-state index in [9.17, 15) is 8.42 Å². The third-order valence-corrected chi connectivity index (χ3v) is 5.03. The maximum absolute atomic E-state index is 11.6. The van der Waals surface area contributed by atoms with Gasteiger partial charge in [0.25, 0.3) is 0 Å². The molecule has 2 heterocycles. The van der Waals surface area contributed by atoms with Crippen LogP contribution in [0.4, 0.5) is 5.95 Å². The van der Waals surface area contributed by atoms with Crippen LogP contribution in [-0.2, 0) is 9.84 Å². The monoisotopic (exact) mass is 349 g/mol. The Labute approximate surface area is 140 Å². The average molecular weight is 350 g/mol. The van der Waals surface area contributed by atoms with E-state index in [1.807, 2.05) is 29.2 Å². The lowest BCUT2D eigenvalue weighted by molar-refractivity contribution is 0.597. The van der Waals surface area contributed by atoms with Gasteiger partial charge in [-0.2, -0.15) is 0 Å². The Hall–Kier alpha value is -1.92. The largest absolute Gasteiger partial charge is 0.337 e. The summed E-state index contributed by atoms with van der Waals surface area (Å²) in [5, 5.41) is 0.783. The van der Waals surface area contributed by atoms with Gasteiger partial charge in [0.15, 0.2) is 14.9 Å². The van der Waals surface area contributed by atoms with Crippen LogP contribution in [0.5, 0.6) is 0 Å². The van der Waals surface area contributed by atoms with Gasteiger partial charge in [-0.15, -0.1) is 0 Å². The van der Waals surface area contributed by atoms with Gasteiger partial charge in [0.05, 0.1) is 0 Å². The predicted molar refractivity (Wildman–Crippen MR) is 91.4 cm³/mol. The summed E-state index contributed by atoms with van der Waals surface area (Å²) in [4.78, 5) is 10.3. The smallest absolute Gasteiger partial charge is 0.226 e.